The number of rotatable bonds is 0. The highest BCUT2D eigenvalue weighted by molar-refractivity contribution is 7.14. The maximum absolute atomic E-state index is 11.7. The van der Waals surface area contributed by atoms with E-state index in [1.54, 1.807) is 4.90 Å². The van der Waals surface area contributed by atoms with Crippen LogP contribution in [-0.4, -0.2) is 29.7 Å². The molecule has 1 aromatic rings. The number of nitrogens with zero attached hydrogens (tertiary/aromatic N) is 1. The topological polar surface area (TPSA) is 29.5 Å². The Kier molecular flexibility index (Phi) is 4.07. The van der Waals surface area contributed by atoms with Crippen LogP contribution in [0, 0.1) is 17.8 Å². The normalized spacial score (nSPS) is 15.5. The lowest BCUT2D eigenvalue weighted by Gasteiger charge is -2.37. The van der Waals surface area contributed by atoms with Crippen LogP contribution >= 0.6 is 22.9 Å². The minimum Gasteiger partial charge on any atom is -0.444 e. The molecular formula is C14H16ClNO2S. The van der Waals surface area contributed by atoms with Crippen molar-refractivity contribution in [3.63, 3.8) is 0 Å². The summed E-state index contributed by atoms with van der Waals surface area (Å²) >= 11 is 7.44. The molecule has 0 aromatic carbocycles. The number of carbonyl (C=O) groups excluding carboxylic acids is 1. The Morgan fingerprint density at radius 2 is 2.21 bits per heavy atom. The third kappa shape index (κ3) is 3.89. The van der Waals surface area contributed by atoms with Crippen LogP contribution in [0.3, 0.4) is 0 Å². The fourth-order valence-corrected chi connectivity index (χ4v) is 2.44. The molecule has 3 nitrogen and oxygen atoms in total. The number of halogens is 1. The van der Waals surface area contributed by atoms with Gasteiger partial charge in [0.1, 0.15) is 9.94 Å². The standard InChI is InChI=1S/C14H16ClNO2S/c1-14(2,3)18-13(17)16-8-10(9-16)4-5-11-6-7-19-12(11)15/h6-7,10H,8-9H2,1-3H3. The minimum atomic E-state index is -0.446. The van der Waals surface area contributed by atoms with E-state index >= 15 is 0 Å². The second-order valence-corrected chi connectivity index (χ2v) is 6.98. The van der Waals surface area contributed by atoms with E-state index in [0.717, 1.165) is 9.90 Å². The number of amides is 1. The Labute approximate surface area is 122 Å². The lowest BCUT2D eigenvalue weighted by molar-refractivity contribution is 0.00592. The summed E-state index contributed by atoms with van der Waals surface area (Å²) in [5.41, 5.74) is 0.417. The van der Waals surface area contributed by atoms with Gasteiger partial charge in [0.15, 0.2) is 0 Å². The predicted molar refractivity (Wildman–Crippen MR) is 77.5 cm³/mol. The van der Waals surface area contributed by atoms with Crippen LogP contribution in [-0.2, 0) is 4.74 Å². The summed E-state index contributed by atoms with van der Waals surface area (Å²) in [5.74, 6) is 6.40. The first-order valence-electron chi connectivity index (χ1n) is 6.07. The minimum absolute atomic E-state index is 0.212. The van der Waals surface area contributed by atoms with E-state index in [0.29, 0.717) is 13.1 Å². The molecule has 1 aliphatic heterocycles. The van der Waals surface area contributed by atoms with Crippen LogP contribution in [0.2, 0.25) is 4.34 Å². The van der Waals surface area contributed by atoms with Crippen molar-refractivity contribution in [3.8, 4) is 11.8 Å². The van der Waals surface area contributed by atoms with Crippen LogP contribution in [0.1, 0.15) is 26.3 Å². The number of hydrogen-bond acceptors (Lipinski definition) is 3. The molecular weight excluding hydrogens is 282 g/mol. The van der Waals surface area contributed by atoms with Gasteiger partial charge in [0.25, 0.3) is 0 Å². The van der Waals surface area contributed by atoms with E-state index in [1.807, 2.05) is 32.2 Å². The number of ether oxygens (including phenoxy) is 1. The fourth-order valence-electron chi connectivity index (χ4n) is 1.61. The summed E-state index contributed by atoms with van der Waals surface area (Å²) in [4.78, 5) is 13.4. The third-order valence-electron chi connectivity index (χ3n) is 2.56. The van der Waals surface area contributed by atoms with Gasteiger partial charge in [0, 0.05) is 13.1 Å². The average molecular weight is 298 g/mol. The molecule has 1 fully saturated rings. The molecule has 1 aromatic heterocycles. The van der Waals surface area contributed by atoms with Crippen molar-refractivity contribution in [2.24, 2.45) is 5.92 Å². The van der Waals surface area contributed by atoms with Crippen molar-refractivity contribution in [2.75, 3.05) is 13.1 Å². The maximum atomic E-state index is 11.7. The van der Waals surface area contributed by atoms with Crippen molar-refractivity contribution in [3.05, 3.63) is 21.3 Å². The number of likely N-dealkylation sites (tertiary alicyclic amines) is 1. The Hall–Kier alpha value is -1.18. The molecule has 2 heterocycles. The molecule has 1 aliphatic rings. The van der Waals surface area contributed by atoms with E-state index in [9.17, 15) is 4.79 Å². The molecule has 102 valence electrons. The zero-order chi connectivity index (χ0) is 14.0. The Morgan fingerprint density at radius 1 is 1.53 bits per heavy atom. The van der Waals surface area contributed by atoms with Gasteiger partial charge in [-0.25, -0.2) is 4.79 Å². The molecule has 0 spiro atoms. The molecule has 0 saturated carbocycles. The van der Waals surface area contributed by atoms with Gasteiger partial charge in [0.05, 0.1) is 11.5 Å². The highest BCUT2D eigenvalue weighted by atomic mass is 35.5. The van der Waals surface area contributed by atoms with Crippen molar-refractivity contribution in [2.45, 2.75) is 26.4 Å². The summed E-state index contributed by atoms with van der Waals surface area (Å²) in [5, 5.41) is 1.92. The van der Waals surface area contributed by atoms with Crippen LogP contribution in [0.5, 0.6) is 0 Å². The summed E-state index contributed by atoms with van der Waals surface area (Å²) in [6.45, 7) is 6.84. The molecule has 0 atom stereocenters. The van der Waals surface area contributed by atoms with Crippen LogP contribution in [0.25, 0.3) is 0 Å². The van der Waals surface area contributed by atoms with Crippen LogP contribution in [0.4, 0.5) is 4.79 Å². The summed E-state index contributed by atoms with van der Waals surface area (Å²) in [6, 6.07) is 1.91. The Balaban J connectivity index is 1.83. The number of thiophene rings is 1. The fraction of sp³-hybridized carbons (Fsp3) is 0.500. The SMILES string of the molecule is CC(C)(C)OC(=O)N1CC(C#Cc2ccsc2Cl)C1. The summed E-state index contributed by atoms with van der Waals surface area (Å²) < 4.78 is 6.00. The van der Waals surface area contributed by atoms with Crippen molar-refractivity contribution in [1.82, 2.24) is 4.90 Å². The monoisotopic (exact) mass is 297 g/mol. The molecule has 1 amide bonds. The van der Waals surface area contributed by atoms with Gasteiger partial charge in [-0.1, -0.05) is 23.4 Å². The first-order chi connectivity index (χ1) is 8.85. The Bertz CT molecular complexity index is 530. The molecule has 0 bridgehead atoms. The average Bonchev–Trinajstić information content (AvgIpc) is 2.59. The van der Waals surface area contributed by atoms with Crippen molar-refractivity contribution >= 4 is 29.0 Å². The molecule has 1 saturated heterocycles. The number of hydrogen-bond donors (Lipinski definition) is 0. The van der Waals surface area contributed by atoms with E-state index in [4.69, 9.17) is 16.3 Å². The largest absolute Gasteiger partial charge is 0.444 e. The van der Waals surface area contributed by atoms with E-state index in [2.05, 4.69) is 11.8 Å². The molecule has 5 heteroatoms. The van der Waals surface area contributed by atoms with E-state index in [-0.39, 0.29) is 12.0 Å². The van der Waals surface area contributed by atoms with E-state index in [1.165, 1.54) is 11.3 Å². The highest BCUT2D eigenvalue weighted by Crippen LogP contribution is 2.23. The lowest BCUT2D eigenvalue weighted by Crippen LogP contribution is -2.51. The molecule has 19 heavy (non-hydrogen) atoms. The zero-order valence-corrected chi connectivity index (χ0v) is 12.8. The first kappa shape index (κ1) is 14.2. The van der Waals surface area contributed by atoms with Crippen LogP contribution < -0.4 is 0 Å². The Morgan fingerprint density at radius 3 is 2.74 bits per heavy atom. The van der Waals surface area contributed by atoms with Crippen LogP contribution in [0.15, 0.2) is 11.4 Å². The molecule has 2 rings (SSSR count). The molecule has 0 N–H and O–H groups in total. The number of carbonyl (C=O) groups is 1. The first-order valence-corrected chi connectivity index (χ1v) is 7.33. The highest BCUT2D eigenvalue weighted by Gasteiger charge is 2.32. The van der Waals surface area contributed by atoms with Gasteiger partial charge >= 0.3 is 6.09 Å². The summed E-state index contributed by atoms with van der Waals surface area (Å²) in [6.07, 6.45) is -0.265. The molecule has 0 radical (unpaired) electrons. The molecule has 0 aliphatic carbocycles. The van der Waals surface area contributed by atoms with Crippen molar-refractivity contribution < 1.29 is 9.53 Å². The third-order valence-corrected chi connectivity index (χ3v) is 3.73. The second kappa shape index (κ2) is 5.44. The van der Waals surface area contributed by atoms with Gasteiger partial charge in [-0.15, -0.1) is 11.3 Å². The van der Waals surface area contributed by atoms with Crippen molar-refractivity contribution in [1.29, 1.82) is 0 Å². The quantitative estimate of drug-likeness (QED) is 0.685. The summed E-state index contributed by atoms with van der Waals surface area (Å²) in [7, 11) is 0. The van der Waals surface area contributed by atoms with Gasteiger partial charge < -0.3 is 9.64 Å². The smallest absolute Gasteiger partial charge is 0.410 e. The molecule has 0 unspecified atom stereocenters. The zero-order valence-electron chi connectivity index (χ0n) is 11.2. The maximum Gasteiger partial charge on any atom is 0.410 e. The predicted octanol–water partition coefficient (Wildman–Crippen LogP) is 3.62. The van der Waals surface area contributed by atoms with Gasteiger partial charge in [-0.05, 0) is 32.2 Å². The second-order valence-electron chi connectivity index (χ2n) is 5.46. The van der Waals surface area contributed by atoms with Gasteiger partial charge in [0.2, 0.25) is 0 Å². The lowest BCUT2D eigenvalue weighted by atomic mass is 10.0. The van der Waals surface area contributed by atoms with E-state index < -0.39 is 5.60 Å². The van der Waals surface area contributed by atoms with Gasteiger partial charge in [-0.3, -0.25) is 0 Å². The van der Waals surface area contributed by atoms with Gasteiger partial charge in [-0.2, -0.15) is 0 Å².